The monoisotopic (exact) mass is 468 g/mol. The molecular weight excluding hydrogens is 459 g/mol. The molecule has 0 fully saturated rings. The van der Waals surface area contributed by atoms with Crippen LogP contribution in [0.3, 0.4) is 0 Å². The maximum Gasteiger partial charge on any atom is 0.266 e. The van der Waals surface area contributed by atoms with Gasteiger partial charge >= 0.3 is 0 Å². The number of rotatable bonds is 3. The smallest absolute Gasteiger partial charge is 0.266 e. The van der Waals surface area contributed by atoms with E-state index in [1.807, 2.05) is 13.0 Å². The standard InChI is InChI=1S/C17H11Br2ClN2O2/c1-9-4-12(20)2-3-15(9)22-17(24)11(8-21)5-10-6-13(18)16(23)14(19)7-10/h2-7,23H,1H3,(H,22,24)/b11-5+. The summed E-state index contributed by atoms with van der Waals surface area (Å²) < 4.78 is 0.906. The van der Waals surface area contributed by atoms with Crippen LogP contribution >= 0.6 is 43.5 Å². The Morgan fingerprint density at radius 3 is 2.46 bits per heavy atom. The van der Waals surface area contributed by atoms with Gasteiger partial charge in [0.1, 0.15) is 17.4 Å². The molecule has 0 radical (unpaired) electrons. The van der Waals surface area contributed by atoms with E-state index in [1.165, 1.54) is 6.08 Å². The zero-order chi connectivity index (χ0) is 17.9. The normalized spacial score (nSPS) is 11.0. The number of benzene rings is 2. The van der Waals surface area contributed by atoms with E-state index in [0.29, 0.717) is 25.2 Å². The molecule has 2 aromatic rings. The number of amides is 1. The second-order valence-corrected chi connectivity index (χ2v) is 7.06. The molecule has 2 aromatic carbocycles. The highest BCUT2D eigenvalue weighted by Gasteiger charge is 2.12. The molecule has 2 N–H and O–H groups in total. The van der Waals surface area contributed by atoms with Gasteiger partial charge in [0.05, 0.1) is 8.95 Å². The lowest BCUT2D eigenvalue weighted by Crippen LogP contribution is -2.14. The molecule has 0 bridgehead atoms. The summed E-state index contributed by atoms with van der Waals surface area (Å²) in [5.74, 6) is -0.477. The summed E-state index contributed by atoms with van der Waals surface area (Å²) >= 11 is 12.3. The number of nitriles is 1. The van der Waals surface area contributed by atoms with Crippen LogP contribution in [0.5, 0.6) is 5.75 Å². The van der Waals surface area contributed by atoms with Gasteiger partial charge < -0.3 is 10.4 Å². The molecule has 0 atom stereocenters. The number of anilines is 1. The number of nitrogens with one attached hydrogen (secondary N) is 1. The van der Waals surface area contributed by atoms with Crippen LogP contribution in [0.4, 0.5) is 5.69 Å². The summed E-state index contributed by atoms with van der Waals surface area (Å²) in [4.78, 5) is 12.3. The highest BCUT2D eigenvalue weighted by Crippen LogP contribution is 2.34. The van der Waals surface area contributed by atoms with Crippen LogP contribution in [0.2, 0.25) is 5.02 Å². The molecule has 24 heavy (non-hydrogen) atoms. The number of aromatic hydroxyl groups is 1. The Bertz CT molecular complexity index is 866. The van der Waals surface area contributed by atoms with E-state index in [9.17, 15) is 15.2 Å². The van der Waals surface area contributed by atoms with Gasteiger partial charge in [-0.25, -0.2) is 0 Å². The maximum atomic E-state index is 12.3. The van der Waals surface area contributed by atoms with E-state index >= 15 is 0 Å². The molecular formula is C17H11Br2ClN2O2. The maximum absolute atomic E-state index is 12.3. The second kappa shape index (κ2) is 7.84. The topological polar surface area (TPSA) is 73.1 Å². The van der Waals surface area contributed by atoms with E-state index in [4.69, 9.17) is 11.6 Å². The lowest BCUT2D eigenvalue weighted by Gasteiger charge is -2.08. The molecule has 0 saturated carbocycles. The fraction of sp³-hybridized carbons (Fsp3) is 0.0588. The van der Waals surface area contributed by atoms with Crippen molar-refractivity contribution in [2.24, 2.45) is 0 Å². The van der Waals surface area contributed by atoms with Crippen LogP contribution in [0.25, 0.3) is 6.08 Å². The lowest BCUT2D eigenvalue weighted by molar-refractivity contribution is -0.112. The van der Waals surface area contributed by atoms with E-state index < -0.39 is 5.91 Å². The molecule has 0 spiro atoms. The van der Waals surface area contributed by atoms with Crippen LogP contribution in [0.15, 0.2) is 44.9 Å². The highest BCUT2D eigenvalue weighted by atomic mass is 79.9. The summed E-state index contributed by atoms with van der Waals surface area (Å²) in [7, 11) is 0. The van der Waals surface area contributed by atoms with Crippen molar-refractivity contribution in [3.63, 3.8) is 0 Å². The Morgan fingerprint density at radius 2 is 1.92 bits per heavy atom. The number of carbonyl (C=O) groups is 1. The van der Waals surface area contributed by atoms with Gasteiger partial charge in [0.25, 0.3) is 5.91 Å². The van der Waals surface area contributed by atoms with Crippen LogP contribution < -0.4 is 5.32 Å². The SMILES string of the molecule is Cc1cc(Cl)ccc1NC(=O)/C(C#N)=C/c1cc(Br)c(O)c(Br)c1. The Kier molecular flexibility index (Phi) is 6.05. The van der Waals surface area contributed by atoms with Crippen molar-refractivity contribution in [1.29, 1.82) is 5.26 Å². The van der Waals surface area contributed by atoms with Crippen molar-refractivity contribution < 1.29 is 9.90 Å². The van der Waals surface area contributed by atoms with Gasteiger partial charge in [0.2, 0.25) is 0 Å². The summed E-state index contributed by atoms with van der Waals surface area (Å²) in [6.45, 7) is 1.81. The molecule has 7 heteroatoms. The van der Waals surface area contributed by atoms with Crippen molar-refractivity contribution in [3.05, 3.63) is 61.0 Å². The van der Waals surface area contributed by atoms with Crippen LogP contribution in [-0.4, -0.2) is 11.0 Å². The third kappa shape index (κ3) is 4.38. The highest BCUT2D eigenvalue weighted by molar-refractivity contribution is 9.11. The first kappa shape index (κ1) is 18.5. The molecule has 0 aliphatic heterocycles. The van der Waals surface area contributed by atoms with Crippen LogP contribution in [0, 0.1) is 18.3 Å². The second-order valence-electron chi connectivity index (χ2n) is 4.92. The predicted molar refractivity (Wildman–Crippen MR) is 102 cm³/mol. The lowest BCUT2D eigenvalue weighted by atomic mass is 10.1. The average Bonchev–Trinajstić information content (AvgIpc) is 2.52. The summed E-state index contributed by atoms with van der Waals surface area (Å²) in [5.41, 5.74) is 1.90. The number of aryl methyl sites for hydroxylation is 1. The van der Waals surface area contributed by atoms with Gasteiger partial charge in [-0.2, -0.15) is 5.26 Å². The minimum absolute atomic E-state index is 0.0481. The molecule has 2 rings (SSSR count). The van der Waals surface area contributed by atoms with E-state index in [2.05, 4.69) is 37.2 Å². The fourth-order valence-corrected chi connectivity index (χ4v) is 3.39. The zero-order valence-corrected chi connectivity index (χ0v) is 16.3. The van der Waals surface area contributed by atoms with Crippen molar-refractivity contribution in [2.75, 3.05) is 5.32 Å². The molecule has 0 saturated heterocycles. The first-order valence-corrected chi connectivity index (χ1v) is 8.65. The Hall–Kier alpha value is -1.81. The number of phenolic OH excluding ortho intramolecular Hbond substituents is 1. The number of halogens is 3. The average molecular weight is 471 g/mol. The first-order chi connectivity index (χ1) is 11.3. The van der Waals surface area contributed by atoms with E-state index in [1.54, 1.807) is 30.3 Å². The van der Waals surface area contributed by atoms with Gasteiger partial charge in [-0.1, -0.05) is 11.6 Å². The van der Waals surface area contributed by atoms with Gasteiger partial charge in [0, 0.05) is 10.7 Å². The predicted octanol–water partition coefficient (Wildman–Crippen LogP) is 5.42. The van der Waals surface area contributed by atoms with Gasteiger partial charge in [0.15, 0.2) is 0 Å². The zero-order valence-electron chi connectivity index (χ0n) is 12.4. The van der Waals surface area contributed by atoms with Crippen LogP contribution in [0.1, 0.15) is 11.1 Å². The largest absolute Gasteiger partial charge is 0.506 e. The minimum Gasteiger partial charge on any atom is -0.506 e. The Balaban J connectivity index is 2.31. The molecule has 4 nitrogen and oxygen atoms in total. The molecule has 0 aromatic heterocycles. The molecule has 122 valence electrons. The number of hydrogen-bond donors (Lipinski definition) is 2. The van der Waals surface area contributed by atoms with Crippen molar-refractivity contribution in [2.45, 2.75) is 6.92 Å². The number of nitrogens with zero attached hydrogens (tertiary/aromatic N) is 1. The molecule has 0 aliphatic rings. The number of phenols is 1. The molecule has 0 unspecified atom stereocenters. The third-order valence-electron chi connectivity index (χ3n) is 3.15. The van der Waals surface area contributed by atoms with Crippen molar-refractivity contribution >= 4 is 61.1 Å². The fourth-order valence-electron chi connectivity index (χ4n) is 1.94. The summed E-state index contributed by atoms with van der Waals surface area (Å²) in [6.07, 6.45) is 1.44. The number of hydrogen-bond acceptors (Lipinski definition) is 3. The number of carbonyl (C=O) groups excluding carboxylic acids is 1. The summed E-state index contributed by atoms with van der Waals surface area (Å²) in [6, 6.07) is 10.2. The molecule has 0 aliphatic carbocycles. The Morgan fingerprint density at radius 1 is 1.29 bits per heavy atom. The van der Waals surface area contributed by atoms with Gasteiger partial charge in [-0.05, 0) is 86.3 Å². The van der Waals surface area contributed by atoms with Crippen molar-refractivity contribution in [1.82, 2.24) is 0 Å². The van der Waals surface area contributed by atoms with Crippen molar-refractivity contribution in [3.8, 4) is 11.8 Å². The summed E-state index contributed by atoms with van der Waals surface area (Å²) in [5, 5.41) is 22.2. The molecule has 0 heterocycles. The van der Waals surface area contributed by atoms with Gasteiger partial charge in [-0.3, -0.25) is 4.79 Å². The van der Waals surface area contributed by atoms with E-state index in [-0.39, 0.29) is 11.3 Å². The minimum atomic E-state index is -0.525. The van der Waals surface area contributed by atoms with Gasteiger partial charge in [-0.15, -0.1) is 0 Å². The molecule has 1 amide bonds. The van der Waals surface area contributed by atoms with Crippen LogP contribution in [-0.2, 0) is 4.79 Å². The third-order valence-corrected chi connectivity index (χ3v) is 4.60. The van der Waals surface area contributed by atoms with E-state index in [0.717, 1.165) is 5.56 Å². The first-order valence-electron chi connectivity index (χ1n) is 6.69. The Labute approximate surface area is 161 Å². The quantitative estimate of drug-likeness (QED) is 0.464.